The molecule has 0 spiro atoms. The van der Waals surface area contributed by atoms with Crippen molar-refractivity contribution in [1.82, 2.24) is 14.3 Å². The number of rotatable bonds is 7. The Bertz CT molecular complexity index is 1500. The van der Waals surface area contributed by atoms with E-state index in [-0.39, 0.29) is 42.2 Å². The largest absolute Gasteiger partial charge is 0.497 e. The third-order valence-corrected chi connectivity index (χ3v) is 9.35. The lowest BCUT2D eigenvalue weighted by Gasteiger charge is -2.33. The fourth-order valence-electron chi connectivity index (χ4n) is 4.38. The van der Waals surface area contributed by atoms with Gasteiger partial charge in [-0.15, -0.1) is 0 Å². The van der Waals surface area contributed by atoms with Crippen LogP contribution in [0.5, 0.6) is 5.75 Å². The molecule has 1 saturated heterocycles. The lowest BCUT2D eigenvalue weighted by molar-refractivity contribution is -0.123. The molecule has 192 valence electrons. The highest BCUT2D eigenvalue weighted by molar-refractivity contribution is 7.89. The van der Waals surface area contributed by atoms with E-state index in [1.807, 2.05) is 6.07 Å². The minimum absolute atomic E-state index is 0.134. The topological polar surface area (TPSA) is 92.7 Å². The van der Waals surface area contributed by atoms with Gasteiger partial charge in [0.2, 0.25) is 15.9 Å². The molecule has 2 aromatic heterocycles. The minimum Gasteiger partial charge on any atom is -0.497 e. The first-order valence-electron chi connectivity index (χ1n) is 11.8. The van der Waals surface area contributed by atoms with Crippen LogP contribution in [-0.2, 0) is 21.4 Å². The lowest BCUT2D eigenvalue weighted by atomic mass is 9.96. The molecule has 1 amide bonds. The number of carbonyl (C=O) groups is 1. The molecule has 8 nitrogen and oxygen atoms in total. The number of halogens is 1. The molecule has 0 unspecified atom stereocenters. The van der Waals surface area contributed by atoms with Crippen LogP contribution in [-0.4, -0.2) is 48.8 Å². The second-order valence-corrected chi connectivity index (χ2v) is 11.7. The van der Waals surface area contributed by atoms with Crippen molar-refractivity contribution in [2.75, 3.05) is 25.1 Å². The summed E-state index contributed by atoms with van der Waals surface area (Å²) >= 11 is 1.25. The molecule has 0 atom stereocenters. The number of methoxy groups -OCH3 is 1. The maximum Gasteiger partial charge on any atom is 0.243 e. The normalized spacial score (nSPS) is 15.1. The smallest absolute Gasteiger partial charge is 0.243 e. The van der Waals surface area contributed by atoms with Crippen LogP contribution in [0.2, 0.25) is 0 Å². The van der Waals surface area contributed by atoms with Gasteiger partial charge >= 0.3 is 0 Å². The zero-order valence-corrected chi connectivity index (χ0v) is 21.7. The summed E-state index contributed by atoms with van der Waals surface area (Å²) in [7, 11) is -2.16. The Morgan fingerprint density at radius 3 is 2.59 bits per heavy atom. The van der Waals surface area contributed by atoms with Crippen molar-refractivity contribution < 1.29 is 22.3 Å². The van der Waals surface area contributed by atoms with Gasteiger partial charge in [0.25, 0.3) is 0 Å². The summed E-state index contributed by atoms with van der Waals surface area (Å²) in [6, 6.07) is 14.3. The van der Waals surface area contributed by atoms with Crippen molar-refractivity contribution in [2.45, 2.75) is 24.3 Å². The van der Waals surface area contributed by atoms with Gasteiger partial charge in [-0.25, -0.2) is 17.8 Å². The van der Waals surface area contributed by atoms with Crippen LogP contribution in [0.15, 0.2) is 71.9 Å². The van der Waals surface area contributed by atoms with Crippen LogP contribution >= 0.6 is 11.3 Å². The standard InChI is InChI=1S/C26H25FN4O4S2/c1-35-21-5-7-22(8-6-21)37(33,34)30-13-10-19(11-14-30)25(32)31(17-18-3-2-12-28-16-18)26-29-23-9-4-20(27)15-24(23)36-26/h2-9,12,15-16,19H,10-11,13-14,17H2,1H3. The number of fused-ring (bicyclic) bond motifs is 1. The summed E-state index contributed by atoms with van der Waals surface area (Å²) in [6.45, 7) is 0.729. The predicted octanol–water partition coefficient (Wildman–Crippen LogP) is 4.47. The average molecular weight is 541 g/mol. The molecule has 0 radical (unpaired) electrons. The third kappa shape index (κ3) is 5.34. The zero-order valence-electron chi connectivity index (χ0n) is 20.1. The van der Waals surface area contributed by atoms with Crippen molar-refractivity contribution in [2.24, 2.45) is 5.92 Å². The molecule has 0 saturated carbocycles. The average Bonchev–Trinajstić information content (AvgIpc) is 3.35. The van der Waals surface area contributed by atoms with Gasteiger partial charge in [0.05, 0.1) is 28.8 Å². The first kappa shape index (κ1) is 25.2. The van der Waals surface area contributed by atoms with Crippen molar-refractivity contribution in [1.29, 1.82) is 0 Å². The Kier molecular flexibility index (Phi) is 7.18. The number of anilines is 1. The highest BCUT2D eigenvalue weighted by Crippen LogP contribution is 2.33. The molecule has 11 heteroatoms. The highest BCUT2D eigenvalue weighted by Gasteiger charge is 2.35. The van der Waals surface area contributed by atoms with Gasteiger partial charge in [-0.1, -0.05) is 17.4 Å². The van der Waals surface area contributed by atoms with E-state index in [0.717, 1.165) is 5.56 Å². The van der Waals surface area contributed by atoms with Crippen LogP contribution < -0.4 is 9.64 Å². The molecule has 0 N–H and O–H groups in total. The van der Waals surface area contributed by atoms with Gasteiger partial charge in [0.1, 0.15) is 11.6 Å². The van der Waals surface area contributed by atoms with E-state index in [1.54, 1.807) is 41.6 Å². The summed E-state index contributed by atoms with van der Waals surface area (Å²) in [4.78, 5) is 24.3. The van der Waals surface area contributed by atoms with Crippen molar-refractivity contribution in [3.63, 3.8) is 0 Å². The van der Waals surface area contributed by atoms with E-state index in [4.69, 9.17) is 4.74 Å². The van der Waals surface area contributed by atoms with E-state index in [2.05, 4.69) is 9.97 Å². The van der Waals surface area contributed by atoms with Gasteiger partial charge < -0.3 is 4.74 Å². The quantitative estimate of drug-likeness (QED) is 0.343. The molecular formula is C26H25FN4O4S2. The Morgan fingerprint density at radius 2 is 1.92 bits per heavy atom. The number of aromatic nitrogens is 2. The Morgan fingerprint density at radius 1 is 1.16 bits per heavy atom. The third-order valence-electron chi connectivity index (χ3n) is 6.40. The molecule has 1 aliphatic heterocycles. The van der Waals surface area contributed by atoms with Crippen LogP contribution in [0.3, 0.4) is 0 Å². The predicted molar refractivity (Wildman–Crippen MR) is 139 cm³/mol. The van der Waals surface area contributed by atoms with Crippen LogP contribution in [0.4, 0.5) is 9.52 Å². The lowest BCUT2D eigenvalue weighted by Crippen LogP contribution is -2.44. The van der Waals surface area contributed by atoms with E-state index >= 15 is 0 Å². The maximum absolute atomic E-state index is 13.8. The van der Waals surface area contributed by atoms with E-state index < -0.39 is 10.0 Å². The second-order valence-electron chi connectivity index (χ2n) is 8.75. The summed E-state index contributed by atoms with van der Waals surface area (Å²) < 4.78 is 47.2. The van der Waals surface area contributed by atoms with Gasteiger partial charge in [-0.3, -0.25) is 14.7 Å². The minimum atomic E-state index is -3.68. The van der Waals surface area contributed by atoms with E-state index in [1.165, 1.54) is 47.0 Å². The fraction of sp³-hybridized carbons (Fsp3) is 0.269. The zero-order chi connectivity index (χ0) is 26.0. The number of amides is 1. The van der Waals surface area contributed by atoms with E-state index in [9.17, 15) is 17.6 Å². The monoisotopic (exact) mass is 540 g/mol. The molecule has 37 heavy (non-hydrogen) atoms. The summed E-state index contributed by atoms with van der Waals surface area (Å²) in [5.74, 6) is -0.291. The molecular weight excluding hydrogens is 515 g/mol. The van der Waals surface area contributed by atoms with Gasteiger partial charge in [0.15, 0.2) is 5.13 Å². The van der Waals surface area contributed by atoms with Gasteiger partial charge in [-0.2, -0.15) is 4.31 Å². The van der Waals surface area contributed by atoms with Gasteiger partial charge in [0, 0.05) is 31.4 Å². The summed E-state index contributed by atoms with van der Waals surface area (Å²) in [5, 5.41) is 0.475. The second kappa shape index (κ2) is 10.5. The molecule has 0 bridgehead atoms. The SMILES string of the molecule is COc1ccc(S(=O)(=O)N2CCC(C(=O)N(Cc3cccnc3)c3nc4ccc(F)cc4s3)CC2)cc1. The van der Waals surface area contributed by atoms with Crippen molar-refractivity contribution in [3.8, 4) is 5.75 Å². The number of sulfonamides is 1. The molecule has 5 rings (SSSR count). The van der Waals surface area contributed by atoms with E-state index in [0.29, 0.717) is 33.9 Å². The van der Waals surface area contributed by atoms with Crippen LogP contribution in [0, 0.1) is 11.7 Å². The first-order valence-corrected chi connectivity index (χ1v) is 14.0. The van der Waals surface area contributed by atoms with Crippen molar-refractivity contribution in [3.05, 3.63) is 78.4 Å². The Labute approximate surface area is 218 Å². The number of benzene rings is 2. The number of hydrogen-bond donors (Lipinski definition) is 0. The molecule has 0 aliphatic carbocycles. The molecule has 1 aliphatic rings. The maximum atomic E-state index is 13.8. The fourth-order valence-corrected chi connectivity index (χ4v) is 6.84. The Balaban J connectivity index is 1.35. The number of nitrogens with zero attached hydrogens (tertiary/aromatic N) is 4. The molecule has 4 aromatic rings. The number of ether oxygens (including phenoxy) is 1. The van der Waals surface area contributed by atoms with Crippen LogP contribution in [0.1, 0.15) is 18.4 Å². The number of carbonyl (C=O) groups excluding carboxylic acids is 1. The summed E-state index contributed by atoms with van der Waals surface area (Å²) in [5.41, 5.74) is 1.45. The highest BCUT2D eigenvalue weighted by atomic mass is 32.2. The Hall–Kier alpha value is -3.41. The molecule has 2 aromatic carbocycles. The number of hydrogen-bond acceptors (Lipinski definition) is 7. The molecule has 3 heterocycles. The summed E-state index contributed by atoms with van der Waals surface area (Å²) in [6.07, 6.45) is 4.13. The first-order chi connectivity index (χ1) is 17.8. The number of pyridine rings is 1. The van der Waals surface area contributed by atoms with Crippen LogP contribution in [0.25, 0.3) is 10.2 Å². The number of thiazole rings is 1. The van der Waals surface area contributed by atoms with Crippen molar-refractivity contribution >= 4 is 42.6 Å². The number of piperidine rings is 1. The molecule has 1 fully saturated rings. The van der Waals surface area contributed by atoms with Gasteiger partial charge in [-0.05, 0) is 66.9 Å².